The van der Waals surface area contributed by atoms with E-state index in [2.05, 4.69) is 5.32 Å². The van der Waals surface area contributed by atoms with Crippen molar-refractivity contribution < 1.29 is 33.7 Å². The highest BCUT2D eigenvalue weighted by atomic mass is 19.1. The van der Waals surface area contributed by atoms with Crippen molar-refractivity contribution in [2.45, 2.75) is 39.5 Å². The molecule has 3 aromatic carbocycles. The number of fused-ring (bicyclic) bond motifs is 2. The standard InChI is InChI=1S/C28H28FNO6/c1-3-5-14-35-27-23(29)21-22(26(34)20-18(32)13-12-17(31)19(20)25(21)33)24(28(27)36-15-6-4-2)30-16-10-8-7-9-11-16/h7-13,30-32H,3-6,14-15H2,1-2H3. The lowest BCUT2D eigenvalue weighted by Gasteiger charge is -2.26. The van der Waals surface area contributed by atoms with Crippen LogP contribution in [0.15, 0.2) is 42.5 Å². The summed E-state index contributed by atoms with van der Waals surface area (Å²) >= 11 is 0. The van der Waals surface area contributed by atoms with Crippen molar-refractivity contribution in [3.8, 4) is 23.0 Å². The second-order valence-corrected chi connectivity index (χ2v) is 8.50. The topological polar surface area (TPSA) is 105 Å². The Morgan fingerprint density at radius 1 is 0.750 bits per heavy atom. The molecule has 4 rings (SSSR count). The highest BCUT2D eigenvalue weighted by Crippen LogP contribution is 2.49. The van der Waals surface area contributed by atoms with Crippen LogP contribution in [0.5, 0.6) is 23.0 Å². The summed E-state index contributed by atoms with van der Waals surface area (Å²) in [7, 11) is 0. The number of nitrogens with one attached hydrogen (secondary N) is 1. The molecule has 36 heavy (non-hydrogen) atoms. The first-order valence-electron chi connectivity index (χ1n) is 12.0. The Morgan fingerprint density at radius 3 is 1.83 bits per heavy atom. The molecule has 188 valence electrons. The van der Waals surface area contributed by atoms with E-state index in [1.165, 1.54) is 0 Å². The minimum atomic E-state index is -1.04. The number of halogens is 1. The lowest BCUT2D eigenvalue weighted by Crippen LogP contribution is -2.25. The molecule has 3 aromatic rings. The zero-order valence-corrected chi connectivity index (χ0v) is 20.2. The molecule has 0 saturated carbocycles. The largest absolute Gasteiger partial charge is 0.507 e. The smallest absolute Gasteiger partial charge is 0.201 e. The van der Waals surface area contributed by atoms with Crippen LogP contribution in [0.4, 0.5) is 15.8 Å². The van der Waals surface area contributed by atoms with Gasteiger partial charge in [0, 0.05) is 5.69 Å². The number of rotatable bonds is 10. The van der Waals surface area contributed by atoms with Gasteiger partial charge in [-0.3, -0.25) is 9.59 Å². The van der Waals surface area contributed by atoms with E-state index >= 15 is 4.39 Å². The Balaban J connectivity index is 2.02. The van der Waals surface area contributed by atoms with Crippen LogP contribution in [0, 0.1) is 5.82 Å². The summed E-state index contributed by atoms with van der Waals surface area (Å²) in [5, 5.41) is 23.9. The predicted molar refractivity (Wildman–Crippen MR) is 134 cm³/mol. The fourth-order valence-corrected chi connectivity index (χ4v) is 4.09. The Labute approximate surface area is 208 Å². The zero-order valence-electron chi connectivity index (χ0n) is 20.2. The molecule has 0 spiro atoms. The summed E-state index contributed by atoms with van der Waals surface area (Å²) in [5.41, 5.74) is -1.03. The van der Waals surface area contributed by atoms with Crippen LogP contribution in [0.2, 0.25) is 0 Å². The van der Waals surface area contributed by atoms with Crippen LogP contribution in [-0.4, -0.2) is 35.0 Å². The molecule has 0 bridgehead atoms. The normalized spacial score (nSPS) is 12.2. The van der Waals surface area contributed by atoms with Crippen molar-refractivity contribution in [2.75, 3.05) is 18.5 Å². The number of benzene rings is 3. The lowest BCUT2D eigenvalue weighted by atomic mass is 9.81. The lowest BCUT2D eigenvalue weighted by molar-refractivity contribution is 0.0969. The van der Waals surface area contributed by atoms with Crippen molar-refractivity contribution in [3.63, 3.8) is 0 Å². The summed E-state index contributed by atoms with van der Waals surface area (Å²) in [6.45, 7) is 4.34. The van der Waals surface area contributed by atoms with Gasteiger partial charge >= 0.3 is 0 Å². The molecule has 0 fully saturated rings. The quantitative estimate of drug-likeness (QED) is 0.181. The number of hydrogen-bond donors (Lipinski definition) is 3. The number of aromatic hydroxyl groups is 2. The predicted octanol–water partition coefficient (Wildman–Crippen LogP) is 6.11. The third-order valence-corrected chi connectivity index (χ3v) is 5.95. The molecule has 8 heteroatoms. The molecule has 0 saturated heterocycles. The molecule has 3 N–H and O–H groups in total. The Kier molecular flexibility index (Phi) is 7.43. The number of unbranched alkanes of at least 4 members (excludes halogenated alkanes) is 2. The minimum absolute atomic E-state index is 0.0242. The van der Waals surface area contributed by atoms with E-state index in [0.29, 0.717) is 18.5 Å². The number of para-hydroxylation sites is 1. The van der Waals surface area contributed by atoms with E-state index in [4.69, 9.17) is 9.47 Å². The van der Waals surface area contributed by atoms with Gasteiger partial charge in [-0.05, 0) is 37.1 Å². The van der Waals surface area contributed by atoms with Gasteiger partial charge in [0.15, 0.2) is 17.3 Å². The molecule has 1 aliphatic carbocycles. The number of carbonyl (C=O) groups excluding carboxylic acids is 2. The van der Waals surface area contributed by atoms with Gasteiger partial charge < -0.3 is 25.0 Å². The third-order valence-electron chi connectivity index (χ3n) is 5.95. The average Bonchev–Trinajstić information content (AvgIpc) is 2.87. The molecule has 0 amide bonds. The molecule has 0 unspecified atom stereocenters. The molecule has 0 aromatic heterocycles. The Hall–Kier alpha value is -4.07. The van der Waals surface area contributed by atoms with Crippen molar-refractivity contribution in [2.24, 2.45) is 0 Å². The molecule has 0 aliphatic heterocycles. The van der Waals surface area contributed by atoms with Crippen LogP contribution in [0.1, 0.15) is 71.4 Å². The third kappa shape index (κ3) is 4.46. The maximum atomic E-state index is 16.1. The monoisotopic (exact) mass is 493 g/mol. The van der Waals surface area contributed by atoms with E-state index in [-0.39, 0.29) is 41.5 Å². The number of carbonyl (C=O) groups is 2. The van der Waals surface area contributed by atoms with E-state index in [9.17, 15) is 19.8 Å². The number of hydrogen-bond acceptors (Lipinski definition) is 7. The highest BCUT2D eigenvalue weighted by Gasteiger charge is 2.42. The SMILES string of the molecule is CCCCOc1c(F)c2c(c(Nc3ccccc3)c1OCCCC)C(=O)c1c(O)ccc(O)c1C2=O. The first-order valence-corrected chi connectivity index (χ1v) is 12.0. The molecular formula is C28H28FNO6. The number of phenols is 2. The fraction of sp³-hybridized carbons (Fsp3) is 0.286. The van der Waals surface area contributed by atoms with E-state index in [1.807, 2.05) is 19.9 Å². The van der Waals surface area contributed by atoms with Crippen LogP contribution in [-0.2, 0) is 0 Å². The van der Waals surface area contributed by atoms with Gasteiger partial charge in [0.25, 0.3) is 0 Å². The second kappa shape index (κ2) is 10.7. The summed E-state index contributed by atoms with van der Waals surface area (Å²) < 4.78 is 27.8. The number of ether oxygens (including phenoxy) is 2. The molecule has 0 radical (unpaired) electrons. The van der Waals surface area contributed by atoms with Crippen molar-refractivity contribution in [3.05, 3.63) is 70.5 Å². The van der Waals surface area contributed by atoms with Crippen molar-refractivity contribution >= 4 is 22.9 Å². The van der Waals surface area contributed by atoms with Crippen molar-refractivity contribution in [1.29, 1.82) is 0 Å². The molecular weight excluding hydrogens is 465 g/mol. The van der Waals surface area contributed by atoms with Gasteiger partial charge in [-0.1, -0.05) is 44.9 Å². The van der Waals surface area contributed by atoms with Crippen LogP contribution >= 0.6 is 0 Å². The van der Waals surface area contributed by atoms with Gasteiger partial charge in [-0.15, -0.1) is 0 Å². The van der Waals surface area contributed by atoms with Gasteiger partial charge in [0.2, 0.25) is 11.6 Å². The zero-order chi connectivity index (χ0) is 25.8. The Bertz CT molecular complexity index is 1310. The Morgan fingerprint density at radius 2 is 1.28 bits per heavy atom. The number of anilines is 2. The first kappa shape index (κ1) is 25.0. The second-order valence-electron chi connectivity index (χ2n) is 8.50. The van der Waals surface area contributed by atoms with Crippen LogP contribution in [0.25, 0.3) is 0 Å². The molecule has 0 atom stereocenters. The van der Waals surface area contributed by atoms with E-state index in [1.54, 1.807) is 24.3 Å². The number of ketones is 2. The van der Waals surface area contributed by atoms with E-state index < -0.39 is 40.0 Å². The van der Waals surface area contributed by atoms with Gasteiger partial charge in [0.1, 0.15) is 11.5 Å². The average molecular weight is 494 g/mol. The molecule has 1 aliphatic rings. The molecule has 7 nitrogen and oxygen atoms in total. The summed E-state index contributed by atoms with van der Waals surface area (Å²) in [6, 6.07) is 11.1. The minimum Gasteiger partial charge on any atom is -0.507 e. The summed E-state index contributed by atoms with van der Waals surface area (Å²) in [5.74, 6) is -4.11. The number of phenolic OH excluding ortho intramolecular Hbond substituents is 2. The van der Waals surface area contributed by atoms with Crippen molar-refractivity contribution in [1.82, 2.24) is 0 Å². The van der Waals surface area contributed by atoms with Crippen LogP contribution < -0.4 is 14.8 Å². The van der Waals surface area contributed by atoms with Gasteiger partial charge in [0.05, 0.1) is 41.2 Å². The van der Waals surface area contributed by atoms with Gasteiger partial charge in [-0.25, -0.2) is 4.39 Å². The summed E-state index contributed by atoms with van der Waals surface area (Å²) in [6.07, 6.45) is 2.92. The highest BCUT2D eigenvalue weighted by molar-refractivity contribution is 6.32. The van der Waals surface area contributed by atoms with Gasteiger partial charge in [-0.2, -0.15) is 0 Å². The van der Waals surface area contributed by atoms with E-state index in [0.717, 1.165) is 25.0 Å². The van der Waals surface area contributed by atoms with Crippen LogP contribution in [0.3, 0.4) is 0 Å². The first-order chi connectivity index (χ1) is 17.4. The maximum absolute atomic E-state index is 16.1. The fourth-order valence-electron chi connectivity index (χ4n) is 4.09. The maximum Gasteiger partial charge on any atom is 0.201 e. The molecule has 0 heterocycles. The summed E-state index contributed by atoms with van der Waals surface area (Å²) in [4.78, 5) is 27.2.